The summed E-state index contributed by atoms with van der Waals surface area (Å²) in [5.74, 6) is 0. The van der Waals surface area contributed by atoms with E-state index in [0.717, 1.165) is 22.0 Å². The summed E-state index contributed by atoms with van der Waals surface area (Å²) in [6, 6.07) is 9.22. The fourth-order valence-electron chi connectivity index (χ4n) is 1.40. The maximum absolute atomic E-state index is 10.8. The molecule has 0 aliphatic heterocycles. The zero-order valence-corrected chi connectivity index (χ0v) is 9.97. The second kappa shape index (κ2) is 4.21. The number of aldehydes is 1. The first-order valence-electron chi connectivity index (χ1n) is 4.30. The highest BCUT2D eigenvalue weighted by Gasteiger charge is 2.07. The van der Waals surface area contributed by atoms with Crippen LogP contribution in [0, 0.1) is 0 Å². The minimum Gasteiger partial charge on any atom is -0.347 e. The lowest BCUT2D eigenvalue weighted by molar-refractivity contribution is 0.112. The summed E-state index contributed by atoms with van der Waals surface area (Å²) >= 11 is 9.09. The summed E-state index contributed by atoms with van der Waals surface area (Å²) < 4.78 is 0.787. The van der Waals surface area contributed by atoms with Crippen LogP contribution >= 0.6 is 27.5 Å². The van der Waals surface area contributed by atoms with Crippen LogP contribution in [0.2, 0.25) is 5.02 Å². The van der Waals surface area contributed by atoms with Gasteiger partial charge in [0.25, 0.3) is 0 Å². The van der Waals surface area contributed by atoms with Gasteiger partial charge in [0, 0.05) is 10.6 Å². The number of hydrogen-bond donors (Lipinski definition) is 1. The van der Waals surface area contributed by atoms with E-state index in [1.54, 1.807) is 12.1 Å². The largest absolute Gasteiger partial charge is 0.347 e. The minimum absolute atomic E-state index is 0.559. The first-order chi connectivity index (χ1) is 7.20. The molecule has 0 aliphatic rings. The molecule has 0 amide bonds. The Kier molecular flexibility index (Phi) is 2.93. The van der Waals surface area contributed by atoms with Crippen molar-refractivity contribution in [3.63, 3.8) is 0 Å². The third-order valence-corrected chi connectivity index (χ3v) is 2.77. The number of aromatic nitrogens is 1. The number of carbonyl (C=O) groups is 1. The predicted molar refractivity (Wildman–Crippen MR) is 64.3 cm³/mol. The van der Waals surface area contributed by atoms with Crippen LogP contribution in [0.15, 0.2) is 34.9 Å². The smallest absolute Gasteiger partial charge is 0.166 e. The fraction of sp³-hybridized carbons (Fsp3) is 0. The Labute approximate surface area is 100 Å². The Hall–Kier alpha value is -1.06. The van der Waals surface area contributed by atoms with Crippen molar-refractivity contribution in [3.8, 4) is 11.1 Å². The van der Waals surface area contributed by atoms with E-state index in [0.29, 0.717) is 10.7 Å². The van der Waals surface area contributed by atoms with Crippen LogP contribution in [0.4, 0.5) is 0 Å². The molecule has 2 rings (SSSR count). The lowest BCUT2D eigenvalue weighted by atomic mass is 10.1. The molecule has 0 saturated carbocycles. The van der Waals surface area contributed by atoms with Gasteiger partial charge < -0.3 is 4.98 Å². The van der Waals surface area contributed by atoms with Gasteiger partial charge in [-0.1, -0.05) is 23.7 Å². The molecular formula is C11H7BrClNO. The number of rotatable bonds is 2. The van der Waals surface area contributed by atoms with Gasteiger partial charge in [0.2, 0.25) is 0 Å². The maximum atomic E-state index is 10.8. The standard InChI is InChI=1S/C11H7BrClNO/c12-11-5-9(10(6-15)14-11)7-1-3-8(13)4-2-7/h1-6,14H. The average Bonchev–Trinajstić information content (AvgIpc) is 2.61. The third kappa shape index (κ3) is 2.13. The summed E-state index contributed by atoms with van der Waals surface area (Å²) in [5, 5.41) is 0.681. The third-order valence-electron chi connectivity index (χ3n) is 2.09. The first kappa shape index (κ1) is 10.5. The summed E-state index contributed by atoms with van der Waals surface area (Å²) in [5.41, 5.74) is 2.39. The molecule has 1 N–H and O–H groups in total. The molecule has 0 atom stereocenters. The van der Waals surface area contributed by atoms with Gasteiger partial charge >= 0.3 is 0 Å². The van der Waals surface area contributed by atoms with Crippen molar-refractivity contribution in [1.29, 1.82) is 0 Å². The van der Waals surface area contributed by atoms with Gasteiger partial charge in [-0.2, -0.15) is 0 Å². The van der Waals surface area contributed by atoms with Gasteiger partial charge in [0.05, 0.1) is 10.3 Å². The summed E-state index contributed by atoms with van der Waals surface area (Å²) in [7, 11) is 0. The molecule has 76 valence electrons. The quantitative estimate of drug-likeness (QED) is 0.833. The number of hydrogen-bond acceptors (Lipinski definition) is 1. The molecule has 0 aliphatic carbocycles. The summed E-state index contributed by atoms with van der Waals surface area (Å²) in [6.45, 7) is 0. The number of carbonyl (C=O) groups excluding carboxylic acids is 1. The number of benzene rings is 1. The van der Waals surface area contributed by atoms with Crippen LogP contribution < -0.4 is 0 Å². The van der Waals surface area contributed by atoms with Crippen molar-refractivity contribution in [2.75, 3.05) is 0 Å². The van der Waals surface area contributed by atoms with Crippen molar-refractivity contribution >= 4 is 33.8 Å². The molecule has 0 saturated heterocycles. The Morgan fingerprint density at radius 2 is 1.93 bits per heavy atom. The molecule has 0 unspecified atom stereocenters. The Morgan fingerprint density at radius 1 is 1.27 bits per heavy atom. The lowest BCUT2D eigenvalue weighted by Gasteiger charge is -1.98. The van der Waals surface area contributed by atoms with E-state index >= 15 is 0 Å². The van der Waals surface area contributed by atoms with Crippen molar-refractivity contribution in [3.05, 3.63) is 45.7 Å². The van der Waals surface area contributed by atoms with Gasteiger partial charge in [-0.15, -0.1) is 0 Å². The van der Waals surface area contributed by atoms with E-state index in [1.165, 1.54) is 0 Å². The second-order valence-electron chi connectivity index (χ2n) is 3.07. The highest BCUT2D eigenvalue weighted by Crippen LogP contribution is 2.27. The molecule has 0 radical (unpaired) electrons. The monoisotopic (exact) mass is 283 g/mol. The SMILES string of the molecule is O=Cc1[nH]c(Br)cc1-c1ccc(Cl)cc1. The fourth-order valence-corrected chi connectivity index (χ4v) is 1.97. The molecule has 1 aromatic heterocycles. The molecular weight excluding hydrogens is 277 g/mol. The van der Waals surface area contributed by atoms with Gasteiger partial charge in [-0.3, -0.25) is 4.79 Å². The van der Waals surface area contributed by atoms with E-state index in [-0.39, 0.29) is 0 Å². The Balaban J connectivity index is 2.52. The summed E-state index contributed by atoms with van der Waals surface area (Å²) in [4.78, 5) is 13.7. The van der Waals surface area contributed by atoms with Gasteiger partial charge in [-0.05, 0) is 39.7 Å². The highest BCUT2D eigenvalue weighted by molar-refractivity contribution is 9.10. The van der Waals surface area contributed by atoms with Gasteiger partial charge in [0.15, 0.2) is 6.29 Å². The molecule has 0 spiro atoms. The van der Waals surface area contributed by atoms with E-state index in [9.17, 15) is 4.79 Å². The van der Waals surface area contributed by atoms with Crippen molar-refractivity contribution in [1.82, 2.24) is 4.98 Å². The predicted octanol–water partition coefficient (Wildman–Crippen LogP) is 3.91. The average molecular weight is 285 g/mol. The molecule has 4 heteroatoms. The second-order valence-corrected chi connectivity index (χ2v) is 4.36. The number of H-pyrrole nitrogens is 1. The number of halogens is 2. The molecule has 15 heavy (non-hydrogen) atoms. The van der Waals surface area contributed by atoms with Crippen LogP contribution in [0.3, 0.4) is 0 Å². The molecule has 0 bridgehead atoms. The Bertz CT molecular complexity index is 490. The summed E-state index contributed by atoms with van der Waals surface area (Å²) in [6.07, 6.45) is 0.800. The van der Waals surface area contributed by atoms with Crippen LogP contribution in [-0.4, -0.2) is 11.3 Å². The zero-order chi connectivity index (χ0) is 10.8. The van der Waals surface area contributed by atoms with E-state index < -0.39 is 0 Å². The van der Waals surface area contributed by atoms with Gasteiger partial charge in [0.1, 0.15) is 0 Å². The normalized spacial score (nSPS) is 10.3. The Morgan fingerprint density at radius 3 is 2.53 bits per heavy atom. The van der Waals surface area contributed by atoms with E-state index in [2.05, 4.69) is 20.9 Å². The number of nitrogens with one attached hydrogen (secondary N) is 1. The van der Waals surface area contributed by atoms with E-state index in [1.807, 2.05) is 18.2 Å². The van der Waals surface area contributed by atoms with Crippen LogP contribution in [0.25, 0.3) is 11.1 Å². The van der Waals surface area contributed by atoms with Crippen LogP contribution in [0.5, 0.6) is 0 Å². The van der Waals surface area contributed by atoms with E-state index in [4.69, 9.17) is 11.6 Å². The molecule has 1 aromatic carbocycles. The topological polar surface area (TPSA) is 32.9 Å². The van der Waals surface area contributed by atoms with Crippen LogP contribution in [-0.2, 0) is 0 Å². The first-order valence-corrected chi connectivity index (χ1v) is 5.47. The van der Waals surface area contributed by atoms with Crippen molar-refractivity contribution < 1.29 is 4.79 Å². The lowest BCUT2D eigenvalue weighted by Crippen LogP contribution is -1.83. The minimum atomic E-state index is 0.559. The number of aromatic amines is 1. The van der Waals surface area contributed by atoms with Crippen LogP contribution in [0.1, 0.15) is 10.5 Å². The zero-order valence-electron chi connectivity index (χ0n) is 7.63. The highest BCUT2D eigenvalue weighted by atomic mass is 79.9. The molecule has 2 nitrogen and oxygen atoms in total. The van der Waals surface area contributed by atoms with Crippen molar-refractivity contribution in [2.24, 2.45) is 0 Å². The molecule has 1 heterocycles. The maximum Gasteiger partial charge on any atom is 0.166 e. The van der Waals surface area contributed by atoms with Crippen molar-refractivity contribution in [2.45, 2.75) is 0 Å². The van der Waals surface area contributed by atoms with Gasteiger partial charge in [-0.25, -0.2) is 0 Å². The molecule has 2 aromatic rings. The molecule has 0 fully saturated rings.